The molecule has 0 saturated heterocycles. The van der Waals surface area contributed by atoms with E-state index >= 15 is 0 Å². The zero-order valence-electron chi connectivity index (χ0n) is 10.5. The van der Waals surface area contributed by atoms with Gasteiger partial charge in [0.25, 0.3) is 0 Å². The van der Waals surface area contributed by atoms with Gasteiger partial charge in [0.05, 0.1) is 18.2 Å². The fourth-order valence-corrected chi connectivity index (χ4v) is 2.71. The third-order valence-electron chi connectivity index (χ3n) is 3.51. The summed E-state index contributed by atoms with van der Waals surface area (Å²) in [6.07, 6.45) is 1.77. The van der Waals surface area contributed by atoms with Crippen LogP contribution in [0.3, 0.4) is 0 Å². The summed E-state index contributed by atoms with van der Waals surface area (Å²) in [5.41, 5.74) is 9.36. The minimum atomic E-state index is 0.223. The number of rotatable bonds is 0. The average molecular weight is 255 g/mol. The van der Waals surface area contributed by atoms with E-state index in [1.807, 2.05) is 12.1 Å². The maximum absolute atomic E-state index is 6.02. The van der Waals surface area contributed by atoms with Crippen LogP contribution in [0, 0.1) is 0 Å². The van der Waals surface area contributed by atoms with E-state index in [-0.39, 0.29) is 6.04 Å². The molecule has 0 bridgehead atoms. The minimum absolute atomic E-state index is 0.223. The Balaban J connectivity index is 2.24. The van der Waals surface area contributed by atoms with Crippen molar-refractivity contribution in [1.82, 2.24) is 19.5 Å². The molecule has 0 aromatic carbocycles. The monoisotopic (exact) mass is 255 g/mol. The van der Waals surface area contributed by atoms with Gasteiger partial charge in [-0.2, -0.15) is 0 Å². The van der Waals surface area contributed by atoms with E-state index in [4.69, 9.17) is 10.5 Å². The van der Waals surface area contributed by atoms with Crippen molar-refractivity contribution >= 4 is 27.9 Å². The van der Waals surface area contributed by atoms with Crippen LogP contribution in [0.5, 0.6) is 0 Å². The highest BCUT2D eigenvalue weighted by atomic mass is 16.5. The Labute approximate surface area is 109 Å². The second-order valence-corrected chi connectivity index (χ2v) is 4.83. The van der Waals surface area contributed by atoms with Crippen LogP contribution in [0.2, 0.25) is 0 Å². The molecule has 0 spiro atoms. The molecule has 19 heavy (non-hydrogen) atoms. The molecule has 4 heterocycles. The topological polar surface area (TPSA) is 78.8 Å². The zero-order chi connectivity index (χ0) is 13.0. The molecule has 1 aliphatic rings. The van der Waals surface area contributed by atoms with E-state index in [2.05, 4.69) is 26.4 Å². The quantitative estimate of drug-likeness (QED) is 0.660. The summed E-state index contributed by atoms with van der Waals surface area (Å²) in [7, 11) is 0. The molecular formula is C13H13N5O. The van der Waals surface area contributed by atoms with Gasteiger partial charge in [0, 0.05) is 6.20 Å². The lowest BCUT2D eigenvalue weighted by Gasteiger charge is -2.22. The molecular weight excluding hydrogens is 242 g/mol. The van der Waals surface area contributed by atoms with Crippen molar-refractivity contribution < 1.29 is 4.74 Å². The summed E-state index contributed by atoms with van der Waals surface area (Å²) in [4.78, 5) is 13.4. The van der Waals surface area contributed by atoms with E-state index in [1.165, 1.54) is 0 Å². The molecule has 3 aromatic rings. The number of aromatic nitrogens is 4. The van der Waals surface area contributed by atoms with Crippen molar-refractivity contribution in [2.45, 2.75) is 19.6 Å². The Morgan fingerprint density at radius 1 is 1.37 bits per heavy atom. The van der Waals surface area contributed by atoms with Crippen LogP contribution in [0.25, 0.3) is 22.1 Å². The zero-order valence-corrected chi connectivity index (χ0v) is 10.5. The number of hydrogen-bond donors (Lipinski definition) is 1. The fraction of sp³-hybridized carbons (Fsp3) is 0.308. The van der Waals surface area contributed by atoms with Gasteiger partial charge in [0.2, 0.25) is 0 Å². The van der Waals surface area contributed by atoms with Gasteiger partial charge < -0.3 is 15.0 Å². The van der Waals surface area contributed by atoms with Crippen LogP contribution >= 0.6 is 0 Å². The van der Waals surface area contributed by atoms with E-state index < -0.39 is 0 Å². The number of anilines is 1. The van der Waals surface area contributed by atoms with E-state index in [1.54, 1.807) is 6.20 Å². The van der Waals surface area contributed by atoms with Gasteiger partial charge in [-0.05, 0) is 19.1 Å². The van der Waals surface area contributed by atoms with Crippen molar-refractivity contribution in [2.75, 3.05) is 12.3 Å². The van der Waals surface area contributed by atoms with E-state index in [0.29, 0.717) is 19.0 Å². The second kappa shape index (κ2) is 3.64. The summed E-state index contributed by atoms with van der Waals surface area (Å²) >= 11 is 0. The first-order chi connectivity index (χ1) is 9.25. The Morgan fingerprint density at radius 3 is 3.16 bits per heavy atom. The van der Waals surface area contributed by atoms with Gasteiger partial charge in [0.15, 0.2) is 5.82 Å². The molecule has 4 rings (SSSR count). The fourth-order valence-electron chi connectivity index (χ4n) is 2.71. The second-order valence-electron chi connectivity index (χ2n) is 4.83. The van der Waals surface area contributed by atoms with E-state index in [9.17, 15) is 0 Å². The number of pyridine rings is 2. The third kappa shape index (κ3) is 1.37. The lowest BCUT2D eigenvalue weighted by molar-refractivity contribution is 0.0622. The number of hydrogen-bond acceptors (Lipinski definition) is 5. The van der Waals surface area contributed by atoms with Crippen molar-refractivity contribution in [2.24, 2.45) is 0 Å². The molecule has 6 heteroatoms. The van der Waals surface area contributed by atoms with Crippen molar-refractivity contribution in [3.05, 3.63) is 24.2 Å². The summed E-state index contributed by atoms with van der Waals surface area (Å²) in [6, 6.07) is 4.00. The Bertz CT molecular complexity index is 794. The van der Waals surface area contributed by atoms with Crippen LogP contribution in [0.1, 0.15) is 18.8 Å². The first kappa shape index (κ1) is 10.7. The van der Waals surface area contributed by atoms with Crippen molar-refractivity contribution in [3.8, 4) is 0 Å². The normalized spacial score (nSPS) is 18.9. The predicted molar refractivity (Wildman–Crippen MR) is 71.6 cm³/mol. The number of nitrogens with two attached hydrogens (primary N) is 1. The van der Waals surface area contributed by atoms with Crippen molar-refractivity contribution in [3.63, 3.8) is 0 Å². The summed E-state index contributed by atoms with van der Waals surface area (Å²) in [5, 5.41) is 0. The van der Waals surface area contributed by atoms with Gasteiger partial charge in [0.1, 0.15) is 29.0 Å². The minimum Gasteiger partial charge on any atom is -0.382 e. The maximum Gasteiger partial charge on any atom is 0.152 e. The number of nitrogen functional groups attached to an aromatic ring is 1. The summed E-state index contributed by atoms with van der Waals surface area (Å²) in [6.45, 7) is 3.29. The molecule has 6 nitrogen and oxygen atoms in total. The Hall–Kier alpha value is -2.21. The Kier molecular flexibility index (Phi) is 2.05. The molecule has 1 aliphatic heterocycles. The lowest BCUT2D eigenvalue weighted by Crippen LogP contribution is -2.21. The smallest absolute Gasteiger partial charge is 0.152 e. The number of nitrogens with zero attached hydrogens (tertiary/aromatic N) is 4. The molecule has 0 aliphatic carbocycles. The molecule has 1 atom stereocenters. The number of fused-ring (bicyclic) bond motifs is 5. The maximum atomic E-state index is 6.02. The standard InChI is InChI=1S/C13H13N5O/c1-7-5-19-6-9-17-11-12(18(7)9)10-8(16-13(11)14)3-2-4-15-10/h2-4,7H,5-6H2,1H3,(H2,14,16)/t7-/m0/s1. The van der Waals surface area contributed by atoms with Gasteiger partial charge in [-0.3, -0.25) is 4.98 Å². The van der Waals surface area contributed by atoms with Gasteiger partial charge in [-0.15, -0.1) is 0 Å². The van der Waals surface area contributed by atoms with Gasteiger partial charge >= 0.3 is 0 Å². The van der Waals surface area contributed by atoms with Crippen LogP contribution in [0.15, 0.2) is 18.3 Å². The Morgan fingerprint density at radius 2 is 2.26 bits per heavy atom. The summed E-state index contributed by atoms with van der Waals surface area (Å²) in [5.74, 6) is 1.34. The molecule has 0 fully saturated rings. The largest absolute Gasteiger partial charge is 0.382 e. The third-order valence-corrected chi connectivity index (χ3v) is 3.51. The van der Waals surface area contributed by atoms with E-state index in [0.717, 1.165) is 27.9 Å². The highest BCUT2D eigenvalue weighted by Gasteiger charge is 2.24. The molecule has 0 unspecified atom stereocenters. The number of imidazole rings is 1. The van der Waals surface area contributed by atoms with Crippen LogP contribution < -0.4 is 5.73 Å². The van der Waals surface area contributed by atoms with Gasteiger partial charge in [-0.25, -0.2) is 9.97 Å². The SMILES string of the molecule is C[C@H]1COCc2nc3c(N)nc4cccnc4c3n21. The van der Waals surface area contributed by atoms with Crippen LogP contribution in [0.4, 0.5) is 5.82 Å². The first-order valence-corrected chi connectivity index (χ1v) is 6.24. The number of ether oxygens (including phenoxy) is 1. The molecule has 0 saturated carbocycles. The molecule has 2 N–H and O–H groups in total. The van der Waals surface area contributed by atoms with Crippen LogP contribution in [-0.4, -0.2) is 26.1 Å². The molecule has 0 radical (unpaired) electrons. The average Bonchev–Trinajstić information content (AvgIpc) is 2.81. The predicted octanol–water partition coefficient (Wildman–Crippen LogP) is 1.65. The molecule has 3 aromatic heterocycles. The van der Waals surface area contributed by atoms with Crippen molar-refractivity contribution in [1.29, 1.82) is 0 Å². The highest BCUT2D eigenvalue weighted by molar-refractivity contribution is 6.04. The molecule has 0 amide bonds. The highest BCUT2D eigenvalue weighted by Crippen LogP contribution is 2.31. The van der Waals surface area contributed by atoms with Crippen LogP contribution in [-0.2, 0) is 11.3 Å². The van der Waals surface area contributed by atoms with Gasteiger partial charge in [-0.1, -0.05) is 0 Å². The first-order valence-electron chi connectivity index (χ1n) is 6.24. The summed E-state index contributed by atoms with van der Waals surface area (Å²) < 4.78 is 7.70. The lowest BCUT2D eigenvalue weighted by atomic mass is 10.2. The molecule has 96 valence electrons.